The maximum Gasteiger partial charge on any atom is 0.358 e. The summed E-state index contributed by atoms with van der Waals surface area (Å²) in [6.07, 6.45) is 0. The third kappa shape index (κ3) is 2.75. The second kappa shape index (κ2) is 5.42. The zero-order valence-corrected chi connectivity index (χ0v) is 13.5. The first-order valence-corrected chi connectivity index (χ1v) is 8.25. The molecule has 0 amide bonds. The van der Waals surface area contributed by atoms with Crippen LogP contribution in [0.3, 0.4) is 0 Å². The van der Waals surface area contributed by atoms with Crippen LogP contribution in [0.15, 0.2) is 41.3 Å². The molecule has 0 fully saturated rings. The van der Waals surface area contributed by atoms with Crippen LogP contribution >= 0.6 is 23.2 Å². The predicted molar refractivity (Wildman–Crippen MR) is 82.5 cm³/mol. The summed E-state index contributed by atoms with van der Waals surface area (Å²) in [5.74, 6) is 0. The normalized spacial score (nSPS) is 11.8. The van der Waals surface area contributed by atoms with Crippen molar-refractivity contribution in [3.63, 3.8) is 0 Å². The van der Waals surface area contributed by atoms with Gasteiger partial charge >= 0.3 is 10.1 Å². The number of aromatic nitrogens is 3. The summed E-state index contributed by atoms with van der Waals surface area (Å²) in [4.78, 5) is 0.814. The van der Waals surface area contributed by atoms with E-state index < -0.39 is 10.1 Å². The Hall–Kier alpha value is -1.83. The summed E-state index contributed by atoms with van der Waals surface area (Å²) in [6.45, 7) is 1.86. The van der Waals surface area contributed by atoms with E-state index >= 15 is 0 Å². The minimum Gasteiger partial charge on any atom is -0.264 e. The van der Waals surface area contributed by atoms with Crippen LogP contribution in [0, 0.1) is 6.92 Å². The van der Waals surface area contributed by atoms with Crippen LogP contribution in [-0.2, 0) is 10.1 Å². The third-order valence-corrected chi connectivity index (χ3v) is 4.84. The molecular weight excluding hydrogens is 349 g/mol. The number of benzene rings is 2. The third-order valence-electron chi connectivity index (χ3n) is 2.94. The number of hydrogen-bond donors (Lipinski definition) is 0. The van der Waals surface area contributed by atoms with Gasteiger partial charge in [-0.1, -0.05) is 45.7 Å². The summed E-state index contributed by atoms with van der Waals surface area (Å²) >= 11 is 11.8. The highest BCUT2D eigenvalue weighted by Crippen LogP contribution is 2.26. The Balaban J connectivity index is 2.02. The fourth-order valence-corrected chi connectivity index (χ4v) is 2.96. The van der Waals surface area contributed by atoms with Crippen molar-refractivity contribution in [1.29, 1.82) is 0 Å². The lowest BCUT2D eigenvalue weighted by molar-refractivity contribution is 0.245. The van der Waals surface area contributed by atoms with Gasteiger partial charge in [0, 0.05) is 0 Å². The maximum atomic E-state index is 12.2. The van der Waals surface area contributed by atoms with E-state index in [0.717, 1.165) is 10.4 Å². The Morgan fingerprint density at radius 3 is 2.41 bits per heavy atom. The highest BCUT2D eigenvalue weighted by molar-refractivity contribution is 7.87. The number of aryl methyl sites for hydroxylation is 1. The molecule has 1 aromatic heterocycles. The Morgan fingerprint density at radius 1 is 1.09 bits per heavy atom. The van der Waals surface area contributed by atoms with Gasteiger partial charge in [-0.05, 0) is 36.4 Å². The first-order chi connectivity index (χ1) is 10.4. The van der Waals surface area contributed by atoms with E-state index in [1.807, 2.05) is 6.92 Å². The SMILES string of the molecule is Cc1ccc(S(=O)(=O)On2nnc3cc(Cl)c(Cl)cc32)cc1. The molecule has 2 aromatic carbocycles. The van der Waals surface area contributed by atoms with Crippen LogP contribution in [-0.4, -0.2) is 23.6 Å². The molecule has 1 heterocycles. The summed E-state index contributed by atoms with van der Waals surface area (Å²) in [5.41, 5.74) is 1.60. The molecule has 0 saturated carbocycles. The Morgan fingerprint density at radius 2 is 1.73 bits per heavy atom. The zero-order valence-electron chi connectivity index (χ0n) is 11.2. The molecule has 9 heteroatoms. The van der Waals surface area contributed by atoms with E-state index in [1.54, 1.807) is 12.1 Å². The molecule has 114 valence electrons. The van der Waals surface area contributed by atoms with Gasteiger partial charge in [-0.2, -0.15) is 8.42 Å². The molecule has 0 aliphatic rings. The minimum absolute atomic E-state index is 0.0156. The van der Waals surface area contributed by atoms with E-state index in [2.05, 4.69) is 10.3 Å². The van der Waals surface area contributed by atoms with Gasteiger partial charge in [-0.3, -0.25) is 4.28 Å². The van der Waals surface area contributed by atoms with Crippen LogP contribution in [0.1, 0.15) is 5.56 Å². The first-order valence-electron chi connectivity index (χ1n) is 6.09. The van der Waals surface area contributed by atoms with Gasteiger partial charge in [0.05, 0.1) is 10.0 Å². The van der Waals surface area contributed by atoms with Crippen LogP contribution in [0.25, 0.3) is 11.0 Å². The van der Waals surface area contributed by atoms with Crippen molar-refractivity contribution < 1.29 is 12.7 Å². The monoisotopic (exact) mass is 357 g/mol. The van der Waals surface area contributed by atoms with Gasteiger partial charge in [0.1, 0.15) is 15.9 Å². The zero-order chi connectivity index (χ0) is 15.9. The molecule has 3 rings (SSSR count). The summed E-state index contributed by atoms with van der Waals surface area (Å²) in [7, 11) is -4.03. The van der Waals surface area contributed by atoms with Crippen LogP contribution in [0.4, 0.5) is 0 Å². The van der Waals surface area contributed by atoms with Crippen molar-refractivity contribution in [2.75, 3.05) is 0 Å². The molecular formula is C13H9Cl2N3O3S. The standard InChI is InChI=1S/C13H9Cl2N3O3S/c1-8-2-4-9(5-3-8)22(19,20)21-18-13-7-11(15)10(14)6-12(13)16-17-18/h2-7H,1H3. The predicted octanol–water partition coefficient (Wildman–Crippen LogP) is 2.86. The Bertz CT molecular complexity index is 953. The van der Waals surface area contributed by atoms with Crippen LogP contribution in [0.5, 0.6) is 0 Å². The molecule has 0 bridgehead atoms. The molecule has 0 aliphatic carbocycles. The molecule has 6 nitrogen and oxygen atoms in total. The number of hydrogen-bond acceptors (Lipinski definition) is 5. The van der Waals surface area contributed by atoms with E-state index in [9.17, 15) is 8.42 Å². The highest BCUT2D eigenvalue weighted by atomic mass is 35.5. The Kier molecular flexibility index (Phi) is 3.72. The van der Waals surface area contributed by atoms with Crippen molar-refractivity contribution >= 4 is 44.4 Å². The number of rotatable bonds is 3. The van der Waals surface area contributed by atoms with E-state index in [4.69, 9.17) is 27.5 Å². The van der Waals surface area contributed by atoms with Crippen molar-refractivity contribution in [2.24, 2.45) is 0 Å². The van der Waals surface area contributed by atoms with Crippen molar-refractivity contribution in [3.8, 4) is 0 Å². The summed E-state index contributed by atoms with van der Waals surface area (Å²) in [5, 5.41) is 7.99. The second-order valence-electron chi connectivity index (χ2n) is 4.56. The number of halogens is 2. The topological polar surface area (TPSA) is 74.1 Å². The molecule has 0 unspecified atom stereocenters. The van der Waals surface area contributed by atoms with E-state index in [-0.39, 0.29) is 9.92 Å². The average molecular weight is 358 g/mol. The van der Waals surface area contributed by atoms with E-state index in [1.165, 1.54) is 24.3 Å². The van der Waals surface area contributed by atoms with Crippen molar-refractivity contribution in [2.45, 2.75) is 11.8 Å². The minimum atomic E-state index is -4.03. The maximum absolute atomic E-state index is 12.2. The molecule has 3 aromatic rings. The van der Waals surface area contributed by atoms with Gasteiger partial charge < -0.3 is 0 Å². The van der Waals surface area contributed by atoms with Crippen LogP contribution in [0.2, 0.25) is 10.0 Å². The largest absolute Gasteiger partial charge is 0.358 e. The lowest BCUT2D eigenvalue weighted by atomic mass is 10.2. The quantitative estimate of drug-likeness (QED) is 0.720. The summed E-state index contributed by atoms with van der Waals surface area (Å²) in [6, 6.07) is 9.16. The lowest BCUT2D eigenvalue weighted by Gasteiger charge is -2.06. The number of fused-ring (bicyclic) bond motifs is 1. The van der Waals surface area contributed by atoms with E-state index in [0.29, 0.717) is 16.1 Å². The fraction of sp³-hybridized carbons (Fsp3) is 0.0769. The fourth-order valence-electron chi connectivity index (χ4n) is 1.79. The second-order valence-corrected chi connectivity index (χ2v) is 6.90. The highest BCUT2D eigenvalue weighted by Gasteiger charge is 2.19. The molecule has 0 radical (unpaired) electrons. The summed E-state index contributed by atoms with van der Waals surface area (Å²) < 4.78 is 29.5. The van der Waals surface area contributed by atoms with Gasteiger partial charge in [-0.25, -0.2) is 0 Å². The van der Waals surface area contributed by atoms with Crippen molar-refractivity contribution in [3.05, 3.63) is 52.0 Å². The van der Waals surface area contributed by atoms with Crippen LogP contribution < -0.4 is 4.28 Å². The molecule has 0 aliphatic heterocycles. The lowest BCUT2D eigenvalue weighted by Crippen LogP contribution is -2.21. The van der Waals surface area contributed by atoms with Crippen molar-refractivity contribution in [1.82, 2.24) is 15.2 Å². The average Bonchev–Trinajstić information content (AvgIpc) is 2.82. The molecule has 22 heavy (non-hydrogen) atoms. The number of nitrogens with zero attached hydrogens (tertiary/aromatic N) is 3. The van der Waals surface area contributed by atoms with Gasteiger partial charge in [0.2, 0.25) is 0 Å². The van der Waals surface area contributed by atoms with Gasteiger partial charge in [0.15, 0.2) is 0 Å². The molecule has 0 N–H and O–H groups in total. The van der Waals surface area contributed by atoms with Gasteiger partial charge in [-0.15, -0.1) is 5.10 Å². The Labute approximate surface area is 136 Å². The smallest absolute Gasteiger partial charge is 0.264 e. The first kappa shape index (κ1) is 15.1. The van der Waals surface area contributed by atoms with Gasteiger partial charge in [0.25, 0.3) is 0 Å². The molecule has 0 saturated heterocycles. The molecule has 0 spiro atoms. The molecule has 0 atom stereocenters.